The lowest BCUT2D eigenvalue weighted by atomic mass is 10.0. The van der Waals surface area contributed by atoms with Crippen LogP contribution in [0.4, 0.5) is 10.1 Å². The molecule has 2 nitrogen and oxygen atoms in total. The third-order valence-electron chi connectivity index (χ3n) is 3.68. The van der Waals surface area contributed by atoms with Gasteiger partial charge in [-0.05, 0) is 63.9 Å². The van der Waals surface area contributed by atoms with Gasteiger partial charge in [0.25, 0.3) is 0 Å². The molecule has 0 saturated heterocycles. The lowest BCUT2D eigenvalue weighted by Crippen LogP contribution is -2.33. The second kappa shape index (κ2) is 7.63. The van der Waals surface area contributed by atoms with Crippen LogP contribution in [0.25, 0.3) is 0 Å². The van der Waals surface area contributed by atoms with E-state index in [9.17, 15) is 4.39 Å². The molecule has 0 aromatic heterocycles. The van der Waals surface area contributed by atoms with Crippen LogP contribution in [0.5, 0.6) is 0 Å². The number of benzene rings is 1. The molecule has 3 heteroatoms. The van der Waals surface area contributed by atoms with Crippen molar-refractivity contribution in [1.29, 1.82) is 0 Å². The summed E-state index contributed by atoms with van der Waals surface area (Å²) in [5, 5.41) is 3.39. The molecule has 0 aliphatic carbocycles. The second-order valence-electron chi connectivity index (χ2n) is 5.73. The van der Waals surface area contributed by atoms with Gasteiger partial charge in [-0.1, -0.05) is 13.8 Å². The van der Waals surface area contributed by atoms with E-state index in [0.717, 1.165) is 30.8 Å². The lowest BCUT2D eigenvalue weighted by molar-refractivity contribution is 0.572. The van der Waals surface area contributed by atoms with E-state index in [1.165, 1.54) is 0 Å². The predicted molar refractivity (Wildman–Crippen MR) is 86.0 cm³/mol. The maximum atomic E-state index is 14.0. The minimum Gasteiger partial charge on any atom is -0.369 e. The van der Waals surface area contributed by atoms with E-state index < -0.39 is 0 Å². The van der Waals surface area contributed by atoms with Crippen molar-refractivity contribution in [3.05, 3.63) is 29.1 Å². The van der Waals surface area contributed by atoms with Gasteiger partial charge < -0.3 is 10.2 Å². The standard InChI is InChI=1S/C17H29FN2/c1-7-9-20(12(3)4)17-10-13(5)16(18)11-15(17)14(6)19-8-2/h10-12,14,19H,7-9H2,1-6H3. The Morgan fingerprint density at radius 1 is 1.20 bits per heavy atom. The summed E-state index contributed by atoms with van der Waals surface area (Å²) in [6, 6.07) is 4.26. The Hall–Kier alpha value is -1.09. The molecule has 1 atom stereocenters. The number of anilines is 1. The first-order valence-electron chi connectivity index (χ1n) is 7.72. The van der Waals surface area contributed by atoms with Gasteiger partial charge >= 0.3 is 0 Å². The molecule has 0 bridgehead atoms. The highest BCUT2D eigenvalue weighted by Gasteiger charge is 2.19. The van der Waals surface area contributed by atoms with Crippen LogP contribution in [0.1, 0.15) is 58.2 Å². The highest BCUT2D eigenvalue weighted by Crippen LogP contribution is 2.30. The molecular formula is C17H29FN2. The Morgan fingerprint density at radius 3 is 2.35 bits per heavy atom. The molecule has 20 heavy (non-hydrogen) atoms. The smallest absolute Gasteiger partial charge is 0.126 e. The summed E-state index contributed by atoms with van der Waals surface area (Å²) in [6.45, 7) is 14.4. The maximum absolute atomic E-state index is 14.0. The molecule has 0 amide bonds. The average Bonchev–Trinajstić information content (AvgIpc) is 2.38. The molecule has 0 aliphatic rings. The van der Waals surface area contributed by atoms with E-state index in [2.05, 4.69) is 44.8 Å². The van der Waals surface area contributed by atoms with Crippen molar-refractivity contribution in [3.63, 3.8) is 0 Å². The largest absolute Gasteiger partial charge is 0.369 e. The monoisotopic (exact) mass is 280 g/mol. The van der Waals surface area contributed by atoms with Crippen molar-refractivity contribution in [2.75, 3.05) is 18.0 Å². The summed E-state index contributed by atoms with van der Waals surface area (Å²) >= 11 is 0. The molecule has 1 aromatic rings. The fourth-order valence-electron chi connectivity index (χ4n) is 2.59. The molecule has 0 radical (unpaired) electrons. The van der Waals surface area contributed by atoms with Gasteiger partial charge in [0.1, 0.15) is 5.82 Å². The number of rotatable bonds is 7. The molecule has 1 N–H and O–H groups in total. The summed E-state index contributed by atoms with van der Waals surface area (Å²) in [6.07, 6.45) is 1.09. The van der Waals surface area contributed by atoms with Gasteiger partial charge in [-0.15, -0.1) is 0 Å². The van der Waals surface area contributed by atoms with Crippen molar-refractivity contribution in [2.24, 2.45) is 0 Å². The zero-order valence-electron chi connectivity index (χ0n) is 13.8. The van der Waals surface area contributed by atoms with E-state index >= 15 is 0 Å². The quantitative estimate of drug-likeness (QED) is 0.795. The number of nitrogens with one attached hydrogen (secondary N) is 1. The Bertz CT molecular complexity index is 429. The van der Waals surface area contributed by atoms with Crippen LogP contribution in [0.2, 0.25) is 0 Å². The van der Waals surface area contributed by atoms with Gasteiger partial charge in [-0.25, -0.2) is 4.39 Å². The van der Waals surface area contributed by atoms with Crippen molar-refractivity contribution < 1.29 is 4.39 Å². The third kappa shape index (κ3) is 3.95. The molecule has 0 heterocycles. The zero-order valence-corrected chi connectivity index (χ0v) is 13.8. The fraction of sp³-hybridized carbons (Fsp3) is 0.647. The van der Waals surface area contributed by atoms with Gasteiger partial charge in [-0.2, -0.15) is 0 Å². The molecule has 1 unspecified atom stereocenters. The topological polar surface area (TPSA) is 15.3 Å². The number of nitrogens with zero attached hydrogens (tertiary/aromatic N) is 1. The highest BCUT2D eigenvalue weighted by atomic mass is 19.1. The Morgan fingerprint density at radius 2 is 1.85 bits per heavy atom. The number of halogens is 1. The Balaban J connectivity index is 3.29. The van der Waals surface area contributed by atoms with Crippen LogP contribution in [0.15, 0.2) is 12.1 Å². The van der Waals surface area contributed by atoms with E-state index in [0.29, 0.717) is 11.6 Å². The summed E-state index contributed by atoms with van der Waals surface area (Å²) in [5.41, 5.74) is 2.93. The van der Waals surface area contributed by atoms with Crippen molar-refractivity contribution in [3.8, 4) is 0 Å². The molecule has 0 spiro atoms. The molecule has 0 saturated carbocycles. The number of hydrogen-bond acceptors (Lipinski definition) is 2. The summed E-state index contributed by atoms with van der Waals surface area (Å²) in [4.78, 5) is 2.37. The van der Waals surface area contributed by atoms with Gasteiger partial charge in [0.2, 0.25) is 0 Å². The van der Waals surface area contributed by atoms with E-state index in [4.69, 9.17) is 0 Å². The number of aryl methyl sites for hydroxylation is 1. The molecule has 1 aromatic carbocycles. The van der Waals surface area contributed by atoms with E-state index in [1.807, 2.05) is 13.0 Å². The maximum Gasteiger partial charge on any atom is 0.126 e. The first-order chi connectivity index (χ1) is 9.42. The number of hydrogen-bond donors (Lipinski definition) is 1. The molecule has 0 fully saturated rings. The minimum absolute atomic E-state index is 0.117. The molecule has 114 valence electrons. The van der Waals surface area contributed by atoms with Crippen LogP contribution < -0.4 is 10.2 Å². The van der Waals surface area contributed by atoms with Crippen LogP contribution in [-0.2, 0) is 0 Å². The van der Waals surface area contributed by atoms with E-state index in [1.54, 1.807) is 6.07 Å². The molecule has 1 rings (SSSR count). The van der Waals surface area contributed by atoms with Gasteiger partial charge in [0.15, 0.2) is 0 Å². The third-order valence-corrected chi connectivity index (χ3v) is 3.68. The first kappa shape index (κ1) is 17.0. The van der Waals surface area contributed by atoms with Crippen molar-refractivity contribution >= 4 is 5.69 Å². The SMILES string of the molecule is CCCN(c1cc(C)c(F)cc1C(C)NCC)C(C)C. The summed E-state index contributed by atoms with van der Waals surface area (Å²) < 4.78 is 14.0. The Labute approximate surface area is 123 Å². The van der Waals surface area contributed by atoms with Crippen LogP contribution in [0.3, 0.4) is 0 Å². The van der Waals surface area contributed by atoms with Crippen LogP contribution >= 0.6 is 0 Å². The summed E-state index contributed by atoms with van der Waals surface area (Å²) in [7, 11) is 0. The molecular weight excluding hydrogens is 251 g/mol. The van der Waals surface area contributed by atoms with Crippen LogP contribution in [0, 0.1) is 12.7 Å². The van der Waals surface area contributed by atoms with Gasteiger partial charge in [0, 0.05) is 24.3 Å². The first-order valence-corrected chi connectivity index (χ1v) is 7.72. The molecule has 0 aliphatic heterocycles. The average molecular weight is 280 g/mol. The van der Waals surface area contributed by atoms with Crippen molar-refractivity contribution in [1.82, 2.24) is 5.32 Å². The minimum atomic E-state index is -0.117. The summed E-state index contributed by atoms with van der Waals surface area (Å²) in [5.74, 6) is -0.117. The zero-order chi connectivity index (χ0) is 15.3. The van der Waals surface area contributed by atoms with Gasteiger partial charge in [-0.3, -0.25) is 0 Å². The van der Waals surface area contributed by atoms with Crippen molar-refractivity contribution in [2.45, 2.75) is 60.0 Å². The fourth-order valence-corrected chi connectivity index (χ4v) is 2.59. The lowest BCUT2D eigenvalue weighted by Gasteiger charge is -2.32. The van der Waals surface area contributed by atoms with Gasteiger partial charge in [0.05, 0.1) is 0 Å². The second-order valence-corrected chi connectivity index (χ2v) is 5.73. The normalized spacial score (nSPS) is 12.8. The van der Waals surface area contributed by atoms with E-state index in [-0.39, 0.29) is 11.9 Å². The Kier molecular flexibility index (Phi) is 6.47. The predicted octanol–water partition coefficient (Wildman–Crippen LogP) is 4.43. The highest BCUT2D eigenvalue weighted by molar-refractivity contribution is 5.57. The van der Waals surface area contributed by atoms with Crippen LogP contribution in [-0.4, -0.2) is 19.1 Å².